The van der Waals surface area contributed by atoms with Crippen LogP contribution in [0.3, 0.4) is 0 Å². The zero-order valence-corrected chi connectivity index (χ0v) is 7.77. The van der Waals surface area contributed by atoms with Crippen molar-refractivity contribution in [2.24, 2.45) is 0 Å². The number of hydrogen-bond donors (Lipinski definition) is 0. The van der Waals surface area contributed by atoms with Gasteiger partial charge in [0.15, 0.2) is 0 Å². The van der Waals surface area contributed by atoms with Crippen LogP contribution in [0.4, 0.5) is 4.39 Å². The predicted molar refractivity (Wildman–Crippen MR) is 51.4 cm³/mol. The van der Waals surface area contributed by atoms with E-state index >= 15 is 0 Å². The van der Waals surface area contributed by atoms with Crippen LogP contribution in [0.25, 0.3) is 10.8 Å². The van der Waals surface area contributed by atoms with E-state index in [4.69, 9.17) is 11.6 Å². The van der Waals surface area contributed by atoms with Crippen molar-refractivity contribution in [2.45, 2.75) is 6.92 Å². The maximum absolute atomic E-state index is 13.0. The van der Waals surface area contributed by atoms with E-state index in [2.05, 4.69) is 4.98 Å². The Labute approximate surface area is 80.2 Å². The van der Waals surface area contributed by atoms with E-state index in [1.807, 2.05) is 13.0 Å². The fourth-order valence-corrected chi connectivity index (χ4v) is 1.42. The third-order valence-corrected chi connectivity index (χ3v) is 2.19. The van der Waals surface area contributed by atoms with Crippen molar-refractivity contribution in [3.63, 3.8) is 0 Å². The van der Waals surface area contributed by atoms with Gasteiger partial charge >= 0.3 is 0 Å². The van der Waals surface area contributed by atoms with Crippen LogP contribution >= 0.6 is 11.6 Å². The van der Waals surface area contributed by atoms with Crippen LogP contribution in [0.1, 0.15) is 5.69 Å². The van der Waals surface area contributed by atoms with Crippen molar-refractivity contribution in [3.05, 3.63) is 40.9 Å². The van der Waals surface area contributed by atoms with E-state index in [0.29, 0.717) is 0 Å². The van der Waals surface area contributed by atoms with Gasteiger partial charge in [-0.2, -0.15) is 0 Å². The van der Waals surface area contributed by atoms with Gasteiger partial charge in [0, 0.05) is 17.3 Å². The molecular weight excluding hydrogens is 189 g/mol. The summed E-state index contributed by atoms with van der Waals surface area (Å²) in [5.74, 6) is -0.403. The highest BCUT2D eigenvalue weighted by molar-refractivity contribution is 6.31. The van der Waals surface area contributed by atoms with Crippen LogP contribution in [0.5, 0.6) is 0 Å². The molecule has 0 atom stereocenters. The fourth-order valence-electron chi connectivity index (χ4n) is 1.25. The van der Waals surface area contributed by atoms with Crippen LogP contribution in [-0.2, 0) is 0 Å². The summed E-state index contributed by atoms with van der Waals surface area (Å²) in [5.41, 5.74) is 0.898. The highest BCUT2D eigenvalue weighted by atomic mass is 35.5. The van der Waals surface area contributed by atoms with Gasteiger partial charge in [0.05, 0.1) is 5.02 Å². The maximum Gasteiger partial charge on any atom is 0.142 e. The molecule has 3 heteroatoms. The molecule has 0 bridgehead atoms. The van der Waals surface area contributed by atoms with Gasteiger partial charge in [0.25, 0.3) is 0 Å². The summed E-state index contributed by atoms with van der Waals surface area (Å²) in [5, 5.41) is 1.84. The lowest BCUT2D eigenvalue weighted by Crippen LogP contribution is -1.83. The van der Waals surface area contributed by atoms with Gasteiger partial charge in [-0.15, -0.1) is 0 Å². The number of benzene rings is 1. The lowest BCUT2D eigenvalue weighted by molar-refractivity contribution is 0.630. The van der Waals surface area contributed by atoms with Gasteiger partial charge in [-0.05, 0) is 30.5 Å². The quantitative estimate of drug-likeness (QED) is 0.628. The lowest BCUT2D eigenvalue weighted by atomic mass is 10.1. The number of nitrogens with zero attached hydrogens (tertiary/aromatic N) is 1. The van der Waals surface area contributed by atoms with E-state index in [1.165, 1.54) is 6.07 Å². The Bertz CT molecular complexity index is 468. The molecule has 0 aliphatic carbocycles. The predicted octanol–water partition coefficient (Wildman–Crippen LogP) is 3.34. The highest BCUT2D eigenvalue weighted by Crippen LogP contribution is 2.22. The van der Waals surface area contributed by atoms with Gasteiger partial charge in [-0.3, -0.25) is 4.98 Å². The van der Waals surface area contributed by atoms with Gasteiger partial charge in [0.1, 0.15) is 5.82 Å². The molecule has 0 unspecified atom stereocenters. The first-order valence-electron chi connectivity index (χ1n) is 3.88. The normalized spacial score (nSPS) is 10.7. The second-order valence-corrected chi connectivity index (χ2v) is 3.35. The van der Waals surface area contributed by atoms with Crippen molar-refractivity contribution in [2.75, 3.05) is 0 Å². The summed E-state index contributed by atoms with van der Waals surface area (Å²) in [6, 6.07) is 4.88. The number of pyridine rings is 1. The molecule has 66 valence electrons. The van der Waals surface area contributed by atoms with E-state index < -0.39 is 5.82 Å². The van der Waals surface area contributed by atoms with E-state index in [9.17, 15) is 4.39 Å². The molecule has 0 saturated carbocycles. The van der Waals surface area contributed by atoms with Crippen LogP contribution in [0, 0.1) is 12.7 Å². The van der Waals surface area contributed by atoms with Crippen LogP contribution in [0.15, 0.2) is 24.4 Å². The van der Waals surface area contributed by atoms with E-state index in [-0.39, 0.29) is 5.02 Å². The standard InChI is InChI=1S/C10H7ClFN/c1-6-2-7-3-9(11)10(12)4-8(7)5-13-6/h2-5H,1H3. The number of aryl methyl sites for hydroxylation is 1. The third-order valence-electron chi connectivity index (χ3n) is 1.90. The molecule has 0 aliphatic rings. The molecule has 0 fully saturated rings. The number of fused-ring (bicyclic) bond motifs is 1. The topological polar surface area (TPSA) is 12.9 Å². The molecule has 1 heterocycles. The SMILES string of the molecule is Cc1cc2cc(Cl)c(F)cc2cn1. The van der Waals surface area contributed by atoms with Crippen LogP contribution < -0.4 is 0 Å². The summed E-state index contributed by atoms with van der Waals surface area (Å²) in [6.07, 6.45) is 1.64. The number of rotatable bonds is 0. The first kappa shape index (κ1) is 8.45. The second kappa shape index (κ2) is 2.96. The Balaban J connectivity index is 2.81. The average Bonchev–Trinajstić information content (AvgIpc) is 2.08. The minimum atomic E-state index is -0.403. The zero-order chi connectivity index (χ0) is 9.42. The average molecular weight is 196 g/mol. The Morgan fingerprint density at radius 3 is 2.77 bits per heavy atom. The zero-order valence-electron chi connectivity index (χ0n) is 7.01. The van der Waals surface area contributed by atoms with E-state index in [0.717, 1.165) is 16.5 Å². The van der Waals surface area contributed by atoms with Crippen LogP contribution in [0.2, 0.25) is 5.02 Å². The monoisotopic (exact) mass is 195 g/mol. The Kier molecular flexibility index (Phi) is 1.93. The Morgan fingerprint density at radius 1 is 1.23 bits per heavy atom. The molecule has 0 amide bonds. The molecular formula is C10H7ClFN. The van der Waals surface area contributed by atoms with Crippen molar-refractivity contribution in [1.29, 1.82) is 0 Å². The molecule has 0 aliphatic heterocycles. The number of halogens is 2. The first-order chi connectivity index (χ1) is 6.16. The van der Waals surface area contributed by atoms with Crippen molar-refractivity contribution < 1.29 is 4.39 Å². The van der Waals surface area contributed by atoms with Crippen molar-refractivity contribution >= 4 is 22.4 Å². The van der Waals surface area contributed by atoms with Gasteiger partial charge in [-0.25, -0.2) is 4.39 Å². The molecule has 1 aromatic carbocycles. The van der Waals surface area contributed by atoms with Gasteiger partial charge in [0.2, 0.25) is 0 Å². The first-order valence-corrected chi connectivity index (χ1v) is 4.26. The minimum Gasteiger partial charge on any atom is -0.261 e. The van der Waals surface area contributed by atoms with Gasteiger partial charge < -0.3 is 0 Å². The fraction of sp³-hybridized carbons (Fsp3) is 0.100. The molecule has 0 spiro atoms. The minimum absolute atomic E-state index is 0.151. The summed E-state index contributed by atoms with van der Waals surface area (Å²) >= 11 is 5.64. The molecule has 2 rings (SSSR count). The van der Waals surface area contributed by atoms with E-state index in [1.54, 1.807) is 12.3 Å². The largest absolute Gasteiger partial charge is 0.261 e. The summed E-state index contributed by atoms with van der Waals surface area (Å²) in [7, 11) is 0. The number of aromatic nitrogens is 1. The Morgan fingerprint density at radius 2 is 2.00 bits per heavy atom. The second-order valence-electron chi connectivity index (χ2n) is 2.94. The molecule has 2 aromatic rings. The third kappa shape index (κ3) is 1.49. The smallest absolute Gasteiger partial charge is 0.142 e. The van der Waals surface area contributed by atoms with Gasteiger partial charge in [-0.1, -0.05) is 11.6 Å². The molecule has 0 N–H and O–H groups in total. The molecule has 13 heavy (non-hydrogen) atoms. The molecule has 0 saturated heterocycles. The molecule has 1 aromatic heterocycles. The van der Waals surface area contributed by atoms with Crippen molar-refractivity contribution in [1.82, 2.24) is 4.98 Å². The highest BCUT2D eigenvalue weighted by Gasteiger charge is 2.02. The summed E-state index contributed by atoms with van der Waals surface area (Å²) < 4.78 is 13.0. The maximum atomic E-state index is 13.0. The summed E-state index contributed by atoms with van der Waals surface area (Å²) in [4.78, 5) is 4.07. The van der Waals surface area contributed by atoms with Crippen molar-refractivity contribution in [3.8, 4) is 0 Å². The number of hydrogen-bond acceptors (Lipinski definition) is 1. The lowest BCUT2D eigenvalue weighted by Gasteiger charge is -2.00. The molecule has 0 radical (unpaired) electrons. The van der Waals surface area contributed by atoms with Crippen LogP contribution in [-0.4, -0.2) is 4.98 Å². The molecule has 1 nitrogen and oxygen atoms in total. The summed E-state index contributed by atoms with van der Waals surface area (Å²) in [6.45, 7) is 1.89. The Hall–Kier alpha value is -1.15.